The molecule has 2 aromatic rings. The minimum absolute atomic E-state index is 0.0949. The maximum atomic E-state index is 9.19. The van der Waals surface area contributed by atoms with Crippen molar-refractivity contribution in [3.63, 3.8) is 0 Å². The van der Waals surface area contributed by atoms with Gasteiger partial charge in [-0.15, -0.1) is 0 Å². The molecule has 0 aliphatic heterocycles. The fraction of sp³-hybridized carbons (Fsp3) is 0.250. The van der Waals surface area contributed by atoms with Gasteiger partial charge < -0.3 is 5.11 Å². The monoisotopic (exact) mass is 226 g/mol. The molecule has 0 aliphatic rings. The Morgan fingerprint density at radius 3 is 2.47 bits per heavy atom. The van der Waals surface area contributed by atoms with E-state index in [9.17, 15) is 5.11 Å². The summed E-state index contributed by atoms with van der Waals surface area (Å²) in [7, 11) is 0. The van der Waals surface area contributed by atoms with E-state index in [0.29, 0.717) is 5.92 Å². The van der Waals surface area contributed by atoms with Crippen LogP contribution >= 0.6 is 0 Å². The van der Waals surface area contributed by atoms with Gasteiger partial charge in [-0.2, -0.15) is 0 Å². The lowest BCUT2D eigenvalue weighted by molar-refractivity contribution is 0.282. The molecule has 0 aromatic heterocycles. The van der Waals surface area contributed by atoms with Gasteiger partial charge in [-0.1, -0.05) is 56.3 Å². The number of aliphatic hydroxyl groups excluding tert-OH is 1. The molecule has 0 atom stereocenters. The van der Waals surface area contributed by atoms with E-state index < -0.39 is 0 Å². The third-order valence-corrected chi connectivity index (χ3v) is 3.00. The fourth-order valence-electron chi connectivity index (χ4n) is 2.10. The van der Waals surface area contributed by atoms with E-state index in [0.717, 1.165) is 5.56 Å². The van der Waals surface area contributed by atoms with Crippen molar-refractivity contribution in [3.8, 4) is 11.1 Å². The predicted octanol–water partition coefficient (Wildman–Crippen LogP) is 3.97. The SMILES string of the molecule is CC(C)c1ccccc1-c1cccc(CO)c1. The molecule has 2 rings (SSSR count). The second kappa shape index (κ2) is 5.15. The largest absolute Gasteiger partial charge is 0.392 e. The molecule has 0 spiro atoms. The minimum Gasteiger partial charge on any atom is -0.392 e. The Morgan fingerprint density at radius 2 is 1.76 bits per heavy atom. The van der Waals surface area contributed by atoms with Crippen molar-refractivity contribution in [2.24, 2.45) is 0 Å². The predicted molar refractivity (Wildman–Crippen MR) is 71.9 cm³/mol. The first kappa shape index (κ1) is 11.9. The molecule has 1 nitrogen and oxygen atoms in total. The lowest BCUT2D eigenvalue weighted by atomic mass is 9.92. The molecule has 2 aromatic carbocycles. The molecule has 1 heteroatoms. The standard InChI is InChI=1S/C16H18O/c1-12(2)15-8-3-4-9-16(15)14-7-5-6-13(10-14)11-17/h3-10,12,17H,11H2,1-2H3. The molecular weight excluding hydrogens is 208 g/mol. The van der Waals surface area contributed by atoms with E-state index in [1.54, 1.807) is 0 Å². The van der Waals surface area contributed by atoms with E-state index >= 15 is 0 Å². The van der Waals surface area contributed by atoms with Gasteiger partial charge in [0.25, 0.3) is 0 Å². The van der Waals surface area contributed by atoms with Crippen molar-refractivity contribution in [1.29, 1.82) is 0 Å². The highest BCUT2D eigenvalue weighted by atomic mass is 16.3. The van der Waals surface area contributed by atoms with Crippen molar-refractivity contribution in [1.82, 2.24) is 0 Å². The molecule has 0 aliphatic carbocycles. The zero-order valence-electron chi connectivity index (χ0n) is 10.4. The Hall–Kier alpha value is -1.60. The normalized spacial score (nSPS) is 10.8. The van der Waals surface area contributed by atoms with E-state index in [-0.39, 0.29) is 6.61 Å². The van der Waals surface area contributed by atoms with Crippen molar-refractivity contribution >= 4 is 0 Å². The van der Waals surface area contributed by atoms with Gasteiger partial charge in [0, 0.05) is 0 Å². The summed E-state index contributed by atoms with van der Waals surface area (Å²) in [4.78, 5) is 0. The molecule has 0 saturated carbocycles. The van der Waals surface area contributed by atoms with Crippen LogP contribution < -0.4 is 0 Å². The summed E-state index contributed by atoms with van der Waals surface area (Å²) in [6.45, 7) is 4.50. The molecule has 1 N–H and O–H groups in total. The fourth-order valence-corrected chi connectivity index (χ4v) is 2.10. The van der Waals surface area contributed by atoms with Gasteiger partial charge in [0.15, 0.2) is 0 Å². The highest BCUT2D eigenvalue weighted by Crippen LogP contribution is 2.29. The average molecular weight is 226 g/mol. The van der Waals surface area contributed by atoms with Gasteiger partial charge in [-0.3, -0.25) is 0 Å². The number of hydrogen-bond acceptors (Lipinski definition) is 1. The minimum atomic E-state index is 0.0949. The summed E-state index contributed by atoms with van der Waals surface area (Å²) in [5, 5.41) is 9.19. The van der Waals surface area contributed by atoms with E-state index in [2.05, 4.69) is 50.2 Å². The Balaban J connectivity index is 2.52. The third kappa shape index (κ3) is 2.56. The summed E-state index contributed by atoms with van der Waals surface area (Å²) in [5.41, 5.74) is 4.75. The molecule has 0 amide bonds. The van der Waals surface area contributed by atoms with Crippen LogP contribution in [0.4, 0.5) is 0 Å². The van der Waals surface area contributed by atoms with E-state index in [4.69, 9.17) is 0 Å². The zero-order valence-corrected chi connectivity index (χ0v) is 10.4. The third-order valence-electron chi connectivity index (χ3n) is 3.00. The number of hydrogen-bond donors (Lipinski definition) is 1. The molecule has 17 heavy (non-hydrogen) atoms. The molecule has 0 unspecified atom stereocenters. The average Bonchev–Trinajstić information content (AvgIpc) is 2.39. The molecule has 0 bridgehead atoms. The van der Waals surface area contributed by atoms with Crippen LogP contribution in [-0.2, 0) is 6.61 Å². The van der Waals surface area contributed by atoms with Crippen LogP contribution in [-0.4, -0.2) is 5.11 Å². The van der Waals surface area contributed by atoms with Crippen LogP contribution in [0.3, 0.4) is 0 Å². The van der Waals surface area contributed by atoms with E-state index in [1.165, 1.54) is 16.7 Å². The molecule has 0 saturated heterocycles. The van der Waals surface area contributed by atoms with Crippen LogP contribution in [0, 0.1) is 0 Å². The number of rotatable bonds is 3. The summed E-state index contributed by atoms with van der Waals surface area (Å²) in [6.07, 6.45) is 0. The Morgan fingerprint density at radius 1 is 1.00 bits per heavy atom. The summed E-state index contributed by atoms with van der Waals surface area (Å²) >= 11 is 0. The first-order valence-electron chi connectivity index (χ1n) is 6.01. The van der Waals surface area contributed by atoms with Crippen LogP contribution in [0.15, 0.2) is 48.5 Å². The number of benzene rings is 2. The summed E-state index contributed by atoms with van der Waals surface area (Å²) in [5.74, 6) is 0.504. The van der Waals surface area contributed by atoms with Crippen LogP contribution in [0.25, 0.3) is 11.1 Å². The van der Waals surface area contributed by atoms with Gasteiger partial charge in [-0.25, -0.2) is 0 Å². The summed E-state index contributed by atoms with van der Waals surface area (Å²) in [6, 6.07) is 16.6. The molecule has 0 fully saturated rings. The van der Waals surface area contributed by atoms with Gasteiger partial charge in [0.1, 0.15) is 0 Å². The van der Waals surface area contributed by atoms with E-state index in [1.807, 2.05) is 12.1 Å². The van der Waals surface area contributed by atoms with Crippen LogP contribution in [0.5, 0.6) is 0 Å². The molecule has 0 radical (unpaired) electrons. The van der Waals surface area contributed by atoms with Gasteiger partial charge in [0.05, 0.1) is 6.61 Å². The lowest BCUT2D eigenvalue weighted by Crippen LogP contribution is -1.92. The first-order valence-corrected chi connectivity index (χ1v) is 6.01. The van der Waals surface area contributed by atoms with Crippen molar-refractivity contribution in [2.45, 2.75) is 26.4 Å². The van der Waals surface area contributed by atoms with Gasteiger partial charge in [-0.05, 0) is 34.2 Å². The van der Waals surface area contributed by atoms with Crippen molar-refractivity contribution in [3.05, 3.63) is 59.7 Å². The van der Waals surface area contributed by atoms with Crippen molar-refractivity contribution in [2.75, 3.05) is 0 Å². The lowest BCUT2D eigenvalue weighted by Gasteiger charge is -2.13. The highest BCUT2D eigenvalue weighted by Gasteiger charge is 2.07. The van der Waals surface area contributed by atoms with Gasteiger partial charge >= 0.3 is 0 Å². The molecule has 0 heterocycles. The molecular formula is C16H18O. The smallest absolute Gasteiger partial charge is 0.0682 e. The Kier molecular flexibility index (Phi) is 3.60. The molecule has 88 valence electrons. The topological polar surface area (TPSA) is 20.2 Å². The maximum absolute atomic E-state index is 9.19. The zero-order chi connectivity index (χ0) is 12.3. The van der Waals surface area contributed by atoms with Crippen LogP contribution in [0.1, 0.15) is 30.9 Å². The second-order valence-electron chi connectivity index (χ2n) is 4.60. The quantitative estimate of drug-likeness (QED) is 0.839. The summed E-state index contributed by atoms with van der Waals surface area (Å²) < 4.78 is 0. The second-order valence-corrected chi connectivity index (χ2v) is 4.60. The van der Waals surface area contributed by atoms with Crippen molar-refractivity contribution < 1.29 is 5.11 Å². The van der Waals surface area contributed by atoms with Crippen LogP contribution in [0.2, 0.25) is 0 Å². The Bertz CT molecular complexity index is 500. The first-order chi connectivity index (χ1) is 8.22. The maximum Gasteiger partial charge on any atom is 0.0682 e. The highest BCUT2D eigenvalue weighted by molar-refractivity contribution is 5.68. The Labute approximate surface area is 103 Å². The number of aliphatic hydroxyl groups is 1. The van der Waals surface area contributed by atoms with Gasteiger partial charge in [0.2, 0.25) is 0 Å².